The largest absolute Gasteiger partial charge is 0.497 e. The smallest absolute Gasteiger partial charge is 0.192 e. The quantitative estimate of drug-likeness (QED) is 0.0725. The molecule has 0 spiro atoms. The van der Waals surface area contributed by atoms with E-state index in [0.717, 1.165) is 41.0 Å². The molecule has 2 atom stereocenters. The van der Waals surface area contributed by atoms with Gasteiger partial charge in [-0.2, -0.15) is 0 Å². The van der Waals surface area contributed by atoms with Crippen molar-refractivity contribution in [1.29, 1.82) is 0 Å². The van der Waals surface area contributed by atoms with Gasteiger partial charge in [0.05, 0.1) is 59.5 Å². The molecule has 0 aliphatic rings. The third-order valence-corrected chi connectivity index (χ3v) is 12.5. The minimum atomic E-state index is -1.98. The third-order valence-electron chi connectivity index (χ3n) is 8.01. The van der Waals surface area contributed by atoms with Crippen molar-refractivity contribution >= 4 is 8.32 Å². The first kappa shape index (κ1) is 38.7. The van der Waals surface area contributed by atoms with Crippen LogP contribution in [0.4, 0.5) is 0 Å². The second kappa shape index (κ2) is 20.6. The topological polar surface area (TPSA) is 64.6 Å². The van der Waals surface area contributed by atoms with Gasteiger partial charge in [0.15, 0.2) is 8.32 Å². The lowest BCUT2D eigenvalue weighted by atomic mass is 10.1. The molecule has 0 radical (unpaired) electrons. The van der Waals surface area contributed by atoms with E-state index in [0.29, 0.717) is 46.2 Å². The van der Waals surface area contributed by atoms with Gasteiger partial charge in [0.2, 0.25) is 0 Å². The van der Waals surface area contributed by atoms with Gasteiger partial charge in [-0.1, -0.05) is 68.8 Å². The van der Waals surface area contributed by atoms with Gasteiger partial charge in [0, 0.05) is 19.6 Å². The Morgan fingerprint density at radius 3 is 1.91 bits per heavy atom. The fourth-order valence-corrected chi connectivity index (χ4v) is 5.52. The highest BCUT2D eigenvalue weighted by Crippen LogP contribution is 2.37. The van der Waals surface area contributed by atoms with E-state index in [1.807, 2.05) is 55.5 Å². The number of benzene rings is 2. The first-order chi connectivity index (χ1) is 21.5. The molecule has 0 N–H and O–H groups in total. The van der Waals surface area contributed by atoms with Crippen LogP contribution in [0.25, 0.3) is 0 Å². The van der Waals surface area contributed by atoms with Crippen LogP contribution < -0.4 is 9.47 Å². The molecule has 2 rings (SSSR count). The summed E-state index contributed by atoms with van der Waals surface area (Å²) >= 11 is 0. The van der Waals surface area contributed by atoms with E-state index < -0.39 is 8.32 Å². The monoisotopic (exact) mass is 642 g/mol. The van der Waals surface area contributed by atoms with E-state index >= 15 is 0 Å². The Bertz CT molecular complexity index is 1120. The molecule has 0 aliphatic carbocycles. The molecule has 0 saturated carbocycles. The van der Waals surface area contributed by atoms with Gasteiger partial charge in [0.25, 0.3) is 0 Å². The minimum absolute atomic E-state index is 0.0305. The van der Waals surface area contributed by atoms with Crippen LogP contribution in [0.1, 0.15) is 58.6 Å². The number of methoxy groups -OCH3 is 2. The van der Waals surface area contributed by atoms with Gasteiger partial charge in [-0.05, 0) is 73.8 Å². The Labute approximate surface area is 274 Å². The van der Waals surface area contributed by atoms with Gasteiger partial charge < -0.3 is 32.8 Å². The Hall–Kier alpha value is -2.46. The summed E-state index contributed by atoms with van der Waals surface area (Å²) in [6, 6.07) is 15.9. The zero-order chi connectivity index (χ0) is 33.1. The van der Waals surface area contributed by atoms with Crippen molar-refractivity contribution in [2.45, 2.75) is 91.0 Å². The fourth-order valence-electron chi connectivity index (χ4n) is 4.17. The van der Waals surface area contributed by atoms with E-state index in [1.54, 1.807) is 14.2 Å². The lowest BCUT2D eigenvalue weighted by Gasteiger charge is -2.39. The molecular weight excluding hydrogens is 584 g/mol. The molecule has 0 aliphatic heterocycles. The summed E-state index contributed by atoms with van der Waals surface area (Å²) in [4.78, 5) is 0. The van der Waals surface area contributed by atoms with Gasteiger partial charge in [-0.25, -0.2) is 0 Å². The molecule has 2 aromatic rings. The molecule has 0 amide bonds. The molecule has 252 valence electrons. The molecule has 0 fully saturated rings. The predicted octanol–water partition coefficient (Wildman–Crippen LogP) is 8.53. The summed E-state index contributed by atoms with van der Waals surface area (Å²) in [6.45, 7) is 19.5. The highest BCUT2D eigenvalue weighted by atomic mass is 28.4. The summed E-state index contributed by atoms with van der Waals surface area (Å²) < 4.78 is 41.1. The maximum atomic E-state index is 6.81. The Morgan fingerprint density at radius 1 is 0.800 bits per heavy atom. The lowest BCUT2D eigenvalue weighted by molar-refractivity contribution is 0.00849. The van der Waals surface area contributed by atoms with E-state index in [9.17, 15) is 0 Å². The van der Waals surface area contributed by atoms with Crippen molar-refractivity contribution < 1.29 is 32.8 Å². The van der Waals surface area contributed by atoms with Gasteiger partial charge in [-0.3, -0.25) is 0 Å². The summed E-state index contributed by atoms with van der Waals surface area (Å²) in [5.74, 6) is 1.68. The van der Waals surface area contributed by atoms with E-state index in [-0.39, 0.29) is 17.2 Å². The molecule has 8 heteroatoms. The molecule has 45 heavy (non-hydrogen) atoms. The van der Waals surface area contributed by atoms with Gasteiger partial charge in [-0.15, -0.1) is 0 Å². The Kier molecular flexibility index (Phi) is 17.7. The zero-order valence-corrected chi connectivity index (χ0v) is 30.2. The maximum absolute atomic E-state index is 6.81. The minimum Gasteiger partial charge on any atom is -0.497 e. The summed E-state index contributed by atoms with van der Waals surface area (Å²) in [5, 5.41) is 0.112. The molecule has 7 nitrogen and oxygen atoms in total. The number of ether oxygens (including phenoxy) is 6. The average molecular weight is 643 g/mol. The summed E-state index contributed by atoms with van der Waals surface area (Å²) in [6.07, 6.45) is 7.92. The van der Waals surface area contributed by atoms with E-state index in [2.05, 4.69) is 59.0 Å². The van der Waals surface area contributed by atoms with Crippen LogP contribution in [0.15, 0.2) is 72.3 Å². The summed E-state index contributed by atoms with van der Waals surface area (Å²) in [5.41, 5.74) is 3.38. The van der Waals surface area contributed by atoms with Gasteiger partial charge in [0.1, 0.15) is 11.5 Å². The van der Waals surface area contributed by atoms with Crippen molar-refractivity contribution in [2.24, 2.45) is 0 Å². The summed E-state index contributed by atoms with van der Waals surface area (Å²) in [7, 11) is 1.36. The first-order valence-electron chi connectivity index (χ1n) is 16.1. The standard InChI is InChI=1S/C37H58O7Si/c1-10-40-25-26-43-35(23-24-41-27-31-13-19-33(38-6)20-14-31)17-11-30(2)12-18-36(44-45(8,9)37(3,4)5)29-42-28-32-15-21-34(39-7)22-16-32/h11-17,19-22,35-36H,10,18,23-29H2,1-9H3/b17-11+,30-12+. The first-order valence-corrected chi connectivity index (χ1v) is 19.0. The van der Waals surface area contributed by atoms with Crippen LogP contribution >= 0.6 is 0 Å². The highest BCUT2D eigenvalue weighted by molar-refractivity contribution is 6.74. The molecule has 0 saturated heterocycles. The lowest BCUT2D eigenvalue weighted by Crippen LogP contribution is -2.45. The number of hydrogen-bond acceptors (Lipinski definition) is 7. The molecule has 0 heterocycles. The molecule has 0 aromatic heterocycles. The van der Waals surface area contributed by atoms with Crippen LogP contribution in [0.2, 0.25) is 18.1 Å². The zero-order valence-electron chi connectivity index (χ0n) is 29.2. The molecule has 2 aromatic carbocycles. The van der Waals surface area contributed by atoms with Crippen LogP contribution in [-0.2, 0) is 36.6 Å². The molecule has 0 bridgehead atoms. The fraction of sp³-hybridized carbons (Fsp3) is 0.568. The number of rotatable bonds is 22. The number of hydrogen-bond donors (Lipinski definition) is 0. The highest BCUT2D eigenvalue weighted by Gasteiger charge is 2.39. The second-order valence-corrected chi connectivity index (χ2v) is 17.5. The second-order valence-electron chi connectivity index (χ2n) is 12.7. The van der Waals surface area contributed by atoms with Crippen molar-refractivity contribution in [2.75, 3.05) is 47.3 Å². The SMILES string of the molecule is CCOCCOC(/C=C/C(C)=C/CC(COCc1ccc(OC)cc1)O[Si](C)(C)C(C)(C)C)CCOCc1ccc(OC)cc1. The Morgan fingerprint density at radius 2 is 1.38 bits per heavy atom. The predicted molar refractivity (Wildman–Crippen MR) is 186 cm³/mol. The normalized spacial score (nSPS) is 14.1. The van der Waals surface area contributed by atoms with Crippen molar-refractivity contribution in [3.63, 3.8) is 0 Å². The van der Waals surface area contributed by atoms with Crippen LogP contribution in [0.5, 0.6) is 11.5 Å². The Balaban J connectivity index is 1.99. The maximum Gasteiger partial charge on any atom is 0.192 e. The molecular formula is C37H58O7Si. The van der Waals surface area contributed by atoms with E-state index in [1.165, 1.54) is 0 Å². The van der Waals surface area contributed by atoms with Crippen molar-refractivity contribution in [1.82, 2.24) is 0 Å². The number of allylic oxidation sites excluding steroid dienone is 2. The van der Waals surface area contributed by atoms with Crippen LogP contribution in [0.3, 0.4) is 0 Å². The van der Waals surface area contributed by atoms with Crippen molar-refractivity contribution in [3.8, 4) is 11.5 Å². The third kappa shape index (κ3) is 15.6. The van der Waals surface area contributed by atoms with Crippen molar-refractivity contribution in [3.05, 3.63) is 83.5 Å². The van der Waals surface area contributed by atoms with Crippen LogP contribution in [0, 0.1) is 0 Å². The molecule has 2 unspecified atom stereocenters. The average Bonchev–Trinajstić information content (AvgIpc) is 3.02. The van der Waals surface area contributed by atoms with Gasteiger partial charge >= 0.3 is 0 Å². The van der Waals surface area contributed by atoms with Crippen LogP contribution in [-0.4, -0.2) is 67.8 Å². The van der Waals surface area contributed by atoms with E-state index in [4.69, 9.17) is 32.8 Å².